The van der Waals surface area contributed by atoms with Crippen molar-refractivity contribution in [3.8, 4) is 0 Å². The molecule has 0 aromatic carbocycles. The third-order valence-electron chi connectivity index (χ3n) is 3.55. The van der Waals surface area contributed by atoms with Gasteiger partial charge in [-0.25, -0.2) is 8.42 Å². The van der Waals surface area contributed by atoms with Crippen molar-refractivity contribution in [2.24, 2.45) is 0 Å². The van der Waals surface area contributed by atoms with E-state index in [0.29, 0.717) is 25.7 Å². The molecule has 0 bridgehead atoms. The molecule has 1 unspecified atom stereocenters. The molecule has 2 N–H and O–H groups in total. The first-order valence-electron chi connectivity index (χ1n) is 6.20. The topological polar surface area (TPSA) is 103 Å². The predicted octanol–water partition coefficient (Wildman–Crippen LogP) is 0.818. The first-order chi connectivity index (χ1) is 8.95. The van der Waals surface area contributed by atoms with E-state index in [1.807, 2.05) is 6.92 Å². The number of rotatable bonds is 5. The molecule has 1 aromatic rings. The van der Waals surface area contributed by atoms with Crippen LogP contribution in [0.3, 0.4) is 0 Å². The Balaban J connectivity index is 2.46. The number of carbonyl (C=O) groups is 1. The smallest absolute Gasteiger partial charge is 0.325 e. The van der Waals surface area contributed by atoms with Gasteiger partial charge in [-0.15, -0.1) is 0 Å². The monoisotopic (exact) mass is 287 g/mol. The second-order valence-electron chi connectivity index (χ2n) is 4.70. The minimum atomic E-state index is -3.81. The minimum Gasteiger partial charge on any atom is -0.480 e. The van der Waals surface area contributed by atoms with Crippen molar-refractivity contribution in [1.82, 2.24) is 14.5 Å². The van der Waals surface area contributed by atoms with Crippen molar-refractivity contribution in [1.29, 1.82) is 0 Å². The molecule has 106 valence electrons. The van der Waals surface area contributed by atoms with Gasteiger partial charge in [0.2, 0.25) is 10.0 Å². The van der Waals surface area contributed by atoms with Crippen molar-refractivity contribution in [3.63, 3.8) is 0 Å². The van der Waals surface area contributed by atoms with Gasteiger partial charge in [0.1, 0.15) is 10.4 Å². The van der Waals surface area contributed by atoms with Gasteiger partial charge in [0, 0.05) is 12.7 Å². The van der Waals surface area contributed by atoms with Crippen LogP contribution in [0.25, 0.3) is 0 Å². The van der Waals surface area contributed by atoms with Gasteiger partial charge in [0.15, 0.2) is 0 Å². The van der Waals surface area contributed by atoms with Crippen LogP contribution in [0.2, 0.25) is 0 Å². The number of carboxylic acid groups (broad SMARTS) is 1. The lowest BCUT2D eigenvalue weighted by Crippen LogP contribution is -2.52. The number of sulfonamides is 1. The maximum Gasteiger partial charge on any atom is 0.325 e. The summed E-state index contributed by atoms with van der Waals surface area (Å²) in [6.07, 6.45) is 4.32. The summed E-state index contributed by atoms with van der Waals surface area (Å²) in [5, 5.41) is 15.6. The van der Waals surface area contributed by atoms with Crippen molar-refractivity contribution in [3.05, 3.63) is 12.4 Å². The molecule has 7 nitrogen and oxygen atoms in total. The van der Waals surface area contributed by atoms with E-state index in [0.717, 1.165) is 4.31 Å². The summed E-state index contributed by atoms with van der Waals surface area (Å²) in [6.45, 7) is 2.09. The van der Waals surface area contributed by atoms with Gasteiger partial charge in [-0.1, -0.05) is 13.3 Å². The van der Waals surface area contributed by atoms with Crippen LogP contribution in [0.5, 0.6) is 0 Å². The van der Waals surface area contributed by atoms with E-state index in [9.17, 15) is 18.3 Å². The molecular weight excluding hydrogens is 270 g/mol. The van der Waals surface area contributed by atoms with Crippen LogP contribution in [0.15, 0.2) is 17.3 Å². The second kappa shape index (κ2) is 4.93. The zero-order chi connectivity index (χ0) is 14.1. The van der Waals surface area contributed by atoms with Crippen molar-refractivity contribution in [2.45, 2.75) is 43.0 Å². The highest BCUT2D eigenvalue weighted by atomic mass is 32.2. The Morgan fingerprint density at radius 3 is 2.89 bits per heavy atom. The summed E-state index contributed by atoms with van der Waals surface area (Å²) in [5.74, 6) is -1.07. The lowest BCUT2D eigenvalue weighted by molar-refractivity contribution is -0.147. The molecule has 2 rings (SSSR count). The molecule has 8 heteroatoms. The van der Waals surface area contributed by atoms with Gasteiger partial charge in [0.05, 0.1) is 6.20 Å². The number of carboxylic acids is 1. The Labute approximate surface area is 111 Å². The third kappa shape index (κ3) is 2.14. The number of aliphatic carboxylic acids is 1. The molecule has 0 spiro atoms. The van der Waals surface area contributed by atoms with Crippen LogP contribution in [0.4, 0.5) is 0 Å². The SMILES string of the molecule is CCCC1(C(=O)O)CCCN1S(=O)(=O)c1cn[nH]c1. The highest BCUT2D eigenvalue weighted by Gasteiger charge is 2.52. The molecule has 1 fully saturated rings. The Hall–Kier alpha value is -1.41. The third-order valence-corrected chi connectivity index (χ3v) is 5.48. The molecule has 0 aliphatic carbocycles. The fourth-order valence-electron chi connectivity index (χ4n) is 2.70. The maximum atomic E-state index is 12.5. The predicted molar refractivity (Wildman–Crippen MR) is 67.0 cm³/mol. The molecule has 2 heterocycles. The van der Waals surface area contributed by atoms with Crippen LogP contribution in [0, 0.1) is 0 Å². The molecule has 0 radical (unpaired) electrons. The fourth-order valence-corrected chi connectivity index (χ4v) is 4.43. The van der Waals surface area contributed by atoms with Crippen LogP contribution < -0.4 is 0 Å². The summed E-state index contributed by atoms with van der Waals surface area (Å²) < 4.78 is 26.1. The summed E-state index contributed by atoms with van der Waals surface area (Å²) in [7, 11) is -3.81. The number of H-pyrrole nitrogens is 1. The number of hydrogen-bond acceptors (Lipinski definition) is 4. The Morgan fingerprint density at radius 2 is 2.37 bits per heavy atom. The summed E-state index contributed by atoms with van der Waals surface area (Å²) >= 11 is 0. The van der Waals surface area contributed by atoms with E-state index < -0.39 is 21.5 Å². The number of nitrogens with one attached hydrogen (secondary N) is 1. The zero-order valence-electron chi connectivity index (χ0n) is 10.7. The second-order valence-corrected chi connectivity index (χ2v) is 6.56. The minimum absolute atomic E-state index is 0.0103. The molecule has 0 saturated carbocycles. The first-order valence-corrected chi connectivity index (χ1v) is 7.64. The molecule has 1 aromatic heterocycles. The quantitative estimate of drug-likeness (QED) is 0.834. The van der Waals surface area contributed by atoms with Gasteiger partial charge in [0.25, 0.3) is 0 Å². The van der Waals surface area contributed by atoms with Gasteiger partial charge in [-0.05, 0) is 19.3 Å². The van der Waals surface area contributed by atoms with E-state index >= 15 is 0 Å². The maximum absolute atomic E-state index is 12.5. The Bertz CT molecular complexity index is 555. The molecule has 1 saturated heterocycles. The Morgan fingerprint density at radius 1 is 1.63 bits per heavy atom. The Kier molecular flexibility index (Phi) is 3.64. The zero-order valence-corrected chi connectivity index (χ0v) is 11.5. The van der Waals surface area contributed by atoms with Crippen LogP contribution >= 0.6 is 0 Å². The normalized spacial score (nSPS) is 24.7. The summed E-state index contributed by atoms with van der Waals surface area (Å²) in [5.41, 5.74) is -1.31. The van der Waals surface area contributed by atoms with Crippen LogP contribution in [-0.4, -0.2) is 46.1 Å². The first kappa shape index (κ1) is 14.0. The summed E-state index contributed by atoms with van der Waals surface area (Å²) in [4.78, 5) is 11.6. The molecule has 1 aliphatic rings. The molecular formula is C11H17N3O4S. The highest BCUT2D eigenvalue weighted by Crippen LogP contribution is 2.38. The molecule has 0 amide bonds. The number of aromatic amines is 1. The highest BCUT2D eigenvalue weighted by molar-refractivity contribution is 7.89. The van der Waals surface area contributed by atoms with Gasteiger partial charge in [-0.3, -0.25) is 9.89 Å². The van der Waals surface area contributed by atoms with Gasteiger partial charge in [-0.2, -0.15) is 9.40 Å². The van der Waals surface area contributed by atoms with E-state index in [-0.39, 0.29) is 11.4 Å². The standard InChI is InChI=1S/C11H17N3O4S/c1-2-4-11(10(15)16)5-3-6-14(11)19(17,18)9-7-12-13-8-9/h7-8H,2-6H2,1H3,(H,12,13)(H,15,16). The molecule has 1 atom stereocenters. The van der Waals surface area contributed by atoms with Crippen molar-refractivity contribution >= 4 is 16.0 Å². The van der Waals surface area contributed by atoms with E-state index in [1.54, 1.807) is 0 Å². The lowest BCUT2D eigenvalue weighted by Gasteiger charge is -2.33. The molecule has 19 heavy (non-hydrogen) atoms. The largest absolute Gasteiger partial charge is 0.480 e. The van der Waals surface area contributed by atoms with Crippen LogP contribution in [0.1, 0.15) is 32.6 Å². The van der Waals surface area contributed by atoms with E-state index in [1.165, 1.54) is 12.4 Å². The average molecular weight is 287 g/mol. The number of aromatic nitrogens is 2. The van der Waals surface area contributed by atoms with E-state index in [2.05, 4.69) is 10.2 Å². The number of nitrogens with zero attached hydrogens (tertiary/aromatic N) is 2. The van der Waals surface area contributed by atoms with Gasteiger partial charge < -0.3 is 5.11 Å². The van der Waals surface area contributed by atoms with Crippen LogP contribution in [-0.2, 0) is 14.8 Å². The fraction of sp³-hybridized carbons (Fsp3) is 0.636. The number of hydrogen-bond donors (Lipinski definition) is 2. The lowest BCUT2D eigenvalue weighted by atomic mass is 9.92. The van der Waals surface area contributed by atoms with Crippen molar-refractivity contribution < 1.29 is 18.3 Å². The summed E-state index contributed by atoms with van der Waals surface area (Å²) in [6, 6.07) is 0. The molecule has 1 aliphatic heterocycles. The van der Waals surface area contributed by atoms with Crippen molar-refractivity contribution in [2.75, 3.05) is 6.54 Å². The average Bonchev–Trinajstić information content (AvgIpc) is 2.99. The van der Waals surface area contributed by atoms with E-state index in [4.69, 9.17) is 0 Å². The van der Waals surface area contributed by atoms with Gasteiger partial charge >= 0.3 is 5.97 Å².